The van der Waals surface area contributed by atoms with Crippen LogP contribution in [0.4, 0.5) is 17.6 Å². The number of aliphatic carboxylic acids is 1. The topological polar surface area (TPSA) is 37.3 Å². The van der Waals surface area contributed by atoms with Crippen molar-refractivity contribution in [2.75, 3.05) is 0 Å². The van der Waals surface area contributed by atoms with E-state index in [0.717, 1.165) is 18.2 Å². The van der Waals surface area contributed by atoms with Gasteiger partial charge < -0.3 is 5.11 Å². The number of benzene rings is 1. The van der Waals surface area contributed by atoms with Crippen LogP contribution in [0.1, 0.15) is 5.56 Å². The summed E-state index contributed by atoms with van der Waals surface area (Å²) in [5.74, 6) is -8.96. The molecular weight excluding hydrogens is 216 g/mol. The first-order chi connectivity index (χ1) is 6.84. The van der Waals surface area contributed by atoms with Crippen LogP contribution < -0.4 is 0 Å². The van der Waals surface area contributed by atoms with Crippen molar-refractivity contribution >= 4 is 5.97 Å². The second kappa shape index (κ2) is 3.88. The largest absolute Gasteiger partial charge is 0.477 e. The Morgan fingerprint density at radius 3 is 2.13 bits per heavy atom. The molecule has 0 aliphatic heterocycles. The van der Waals surface area contributed by atoms with Gasteiger partial charge in [-0.3, -0.25) is 0 Å². The Morgan fingerprint density at radius 2 is 1.73 bits per heavy atom. The molecule has 1 N–H and O–H groups in total. The van der Waals surface area contributed by atoms with Gasteiger partial charge in [-0.05, 0) is 12.1 Å². The van der Waals surface area contributed by atoms with Gasteiger partial charge in [0.1, 0.15) is 11.6 Å². The molecule has 0 saturated heterocycles. The standard InChI is InChI=1S/C9H6F4O2/c10-6-2-1-3-7(11)5(6)4-9(12,13)8(14)15/h1-3H,4H2,(H,14,15). The van der Waals surface area contributed by atoms with Gasteiger partial charge >= 0.3 is 11.9 Å². The molecule has 0 fully saturated rings. The van der Waals surface area contributed by atoms with Gasteiger partial charge in [-0.25, -0.2) is 13.6 Å². The first-order valence-corrected chi connectivity index (χ1v) is 3.88. The Bertz CT molecular complexity index is 369. The average molecular weight is 222 g/mol. The van der Waals surface area contributed by atoms with Crippen molar-refractivity contribution in [1.29, 1.82) is 0 Å². The number of carboxylic acids is 1. The van der Waals surface area contributed by atoms with Crippen LogP contribution in [0, 0.1) is 11.6 Å². The minimum absolute atomic E-state index is 0.788. The molecule has 0 aliphatic rings. The van der Waals surface area contributed by atoms with Crippen LogP contribution in [0.25, 0.3) is 0 Å². The van der Waals surface area contributed by atoms with E-state index in [1.807, 2.05) is 0 Å². The van der Waals surface area contributed by atoms with Crippen LogP contribution >= 0.6 is 0 Å². The Labute approximate surface area is 82.1 Å². The molecule has 0 aromatic heterocycles. The van der Waals surface area contributed by atoms with Gasteiger partial charge in [0.2, 0.25) is 0 Å². The summed E-state index contributed by atoms with van der Waals surface area (Å²) in [5.41, 5.74) is -0.926. The summed E-state index contributed by atoms with van der Waals surface area (Å²) in [6.45, 7) is 0. The molecule has 0 bridgehead atoms. The van der Waals surface area contributed by atoms with E-state index < -0.39 is 35.5 Å². The highest BCUT2D eigenvalue weighted by atomic mass is 19.3. The van der Waals surface area contributed by atoms with Gasteiger partial charge in [-0.15, -0.1) is 0 Å². The maximum atomic E-state index is 12.9. The summed E-state index contributed by atoms with van der Waals surface area (Å²) in [6.07, 6.45) is -1.50. The molecule has 1 aromatic rings. The first kappa shape index (κ1) is 11.5. The zero-order chi connectivity index (χ0) is 11.6. The molecule has 0 amide bonds. The molecule has 15 heavy (non-hydrogen) atoms. The van der Waals surface area contributed by atoms with E-state index in [1.54, 1.807) is 0 Å². The Hall–Kier alpha value is -1.59. The third-order valence-corrected chi connectivity index (χ3v) is 1.77. The molecule has 2 nitrogen and oxygen atoms in total. The number of carboxylic acid groups (broad SMARTS) is 1. The maximum Gasteiger partial charge on any atom is 0.374 e. The summed E-state index contributed by atoms with van der Waals surface area (Å²) < 4.78 is 51.1. The van der Waals surface area contributed by atoms with Gasteiger partial charge in [0.05, 0.1) is 6.42 Å². The molecule has 0 atom stereocenters. The quantitative estimate of drug-likeness (QED) is 0.796. The number of halogens is 4. The molecule has 0 spiro atoms. The van der Waals surface area contributed by atoms with Crippen LogP contribution in [-0.4, -0.2) is 17.0 Å². The summed E-state index contributed by atoms with van der Waals surface area (Å²) in [4.78, 5) is 10.1. The van der Waals surface area contributed by atoms with Crippen molar-refractivity contribution in [3.63, 3.8) is 0 Å². The van der Waals surface area contributed by atoms with E-state index in [4.69, 9.17) is 5.11 Å². The number of alkyl halides is 2. The molecule has 6 heteroatoms. The first-order valence-electron chi connectivity index (χ1n) is 3.88. The van der Waals surface area contributed by atoms with Crippen LogP contribution in [0.5, 0.6) is 0 Å². The van der Waals surface area contributed by atoms with Crippen LogP contribution in [0.2, 0.25) is 0 Å². The second-order valence-corrected chi connectivity index (χ2v) is 2.89. The van der Waals surface area contributed by atoms with Crippen molar-refractivity contribution in [3.05, 3.63) is 35.4 Å². The molecule has 0 heterocycles. The molecule has 1 aromatic carbocycles. The van der Waals surface area contributed by atoms with Crippen LogP contribution in [0.3, 0.4) is 0 Å². The molecule has 0 saturated carbocycles. The molecular formula is C9H6F4O2. The van der Waals surface area contributed by atoms with E-state index in [-0.39, 0.29) is 0 Å². The number of hydrogen-bond acceptors (Lipinski definition) is 1. The highest BCUT2D eigenvalue weighted by Gasteiger charge is 2.40. The van der Waals surface area contributed by atoms with E-state index in [1.165, 1.54) is 0 Å². The maximum absolute atomic E-state index is 12.9. The summed E-state index contributed by atoms with van der Waals surface area (Å²) in [7, 11) is 0. The fourth-order valence-corrected chi connectivity index (χ4v) is 0.999. The SMILES string of the molecule is O=C(O)C(F)(F)Cc1c(F)cccc1F. The third-order valence-electron chi connectivity index (χ3n) is 1.77. The van der Waals surface area contributed by atoms with Gasteiger partial charge in [0, 0.05) is 5.56 Å². The van der Waals surface area contributed by atoms with E-state index in [2.05, 4.69) is 0 Å². The lowest BCUT2D eigenvalue weighted by Crippen LogP contribution is -2.31. The predicted molar refractivity (Wildman–Crippen MR) is 42.6 cm³/mol. The molecule has 82 valence electrons. The zero-order valence-corrected chi connectivity index (χ0v) is 7.31. The zero-order valence-electron chi connectivity index (χ0n) is 7.31. The van der Waals surface area contributed by atoms with Gasteiger partial charge in [-0.1, -0.05) is 6.07 Å². The van der Waals surface area contributed by atoms with Gasteiger partial charge in [0.25, 0.3) is 0 Å². The van der Waals surface area contributed by atoms with Crippen molar-refractivity contribution in [2.24, 2.45) is 0 Å². The molecule has 1 rings (SSSR count). The minimum Gasteiger partial charge on any atom is -0.477 e. The third kappa shape index (κ3) is 2.45. The van der Waals surface area contributed by atoms with Crippen molar-refractivity contribution < 1.29 is 27.5 Å². The molecule has 0 radical (unpaired) electrons. The molecule has 0 aliphatic carbocycles. The van der Waals surface area contributed by atoms with E-state index >= 15 is 0 Å². The Kier molecular flexibility index (Phi) is 2.97. The van der Waals surface area contributed by atoms with Crippen LogP contribution in [-0.2, 0) is 11.2 Å². The fraction of sp³-hybridized carbons (Fsp3) is 0.222. The summed E-state index contributed by atoms with van der Waals surface area (Å²) in [5, 5.41) is 8.09. The summed E-state index contributed by atoms with van der Waals surface area (Å²) in [6, 6.07) is 2.58. The van der Waals surface area contributed by atoms with Crippen molar-refractivity contribution in [2.45, 2.75) is 12.3 Å². The number of rotatable bonds is 3. The highest BCUT2D eigenvalue weighted by molar-refractivity contribution is 5.75. The Morgan fingerprint density at radius 1 is 1.27 bits per heavy atom. The van der Waals surface area contributed by atoms with Crippen molar-refractivity contribution in [3.8, 4) is 0 Å². The lowest BCUT2D eigenvalue weighted by atomic mass is 10.1. The monoisotopic (exact) mass is 222 g/mol. The number of hydrogen-bond donors (Lipinski definition) is 1. The Balaban J connectivity index is 3.04. The fourth-order valence-electron chi connectivity index (χ4n) is 0.999. The second-order valence-electron chi connectivity index (χ2n) is 2.89. The smallest absolute Gasteiger partial charge is 0.374 e. The van der Waals surface area contributed by atoms with Gasteiger partial charge in [-0.2, -0.15) is 8.78 Å². The lowest BCUT2D eigenvalue weighted by molar-refractivity contribution is -0.164. The highest BCUT2D eigenvalue weighted by Crippen LogP contribution is 2.23. The summed E-state index contributed by atoms with van der Waals surface area (Å²) >= 11 is 0. The van der Waals surface area contributed by atoms with Crippen LogP contribution in [0.15, 0.2) is 18.2 Å². The van der Waals surface area contributed by atoms with Gasteiger partial charge in [0.15, 0.2) is 0 Å². The normalized spacial score (nSPS) is 11.5. The average Bonchev–Trinajstić information content (AvgIpc) is 2.11. The number of carbonyl (C=O) groups is 1. The minimum atomic E-state index is -4.18. The van der Waals surface area contributed by atoms with E-state index in [0.29, 0.717) is 0 Å². The lowest BCUT2D eigenvalue weighted by Gasteiger charge is -2.11. The van der Waals surface area contributed by atoms with Crippen molar-refractivity contribution in [1.82, 2.24) is 0 Å². The predicted octanol–water partition coefficient (Wildman–Crippen LogP) is 2.23. The molecule has 0 unspecified atom stereocenters. The van der Waals surface area contributed by atoms with E-state index in [9.17, 15) is 22.4 Å².